The van der Waals surface area contributed by atoms with E-state index in [0.717, 1.165) is 25.2 Å². The van der Waals surface area contributed by atoms with E-state index in [-0.39, 0.29) is 18.0 Å². The predicted molar refractivity (Wildman–Crippen MR) is 70.3 cm³/mol. The lowest BCUT2D eigenvalue weighted by Gasteiger charge is -2.31. The summed E-state index contributed by atoms with van der Waals surface area (Å²) < 4.78 is 23.5. The van der Waals surface area contributed by atoms with Crippen LogP contribution in [-0.4, -0.2) is 40.0 Å². The number of furan rings is 1. The van der Waals surface area contributed by atoms with E-state index in [1.165, 1.54) is 6.26 Å². The second-order valence-corrected chi connectivity index (χ2v) is 4.79. The summed E-state index contributed by atoms with van der Waals surface area (Å²) >= 11 is 0. The van der Waals surface area contributed by atoms with E-state index in [1.54, 1.807) is 17.0 Å². The molecule has 0 bridgehead atoms. The molecule has 1 amide bonds. The number of rotatable bonds is 3. The summed E-state index contributed by atoms with van der Waals surface area (Å²) in [5.74, 6) is -0.359. The van der Waals surface area contributed by atoms with Crippen molar-refractivity contribution in [3.8, 4) is 6.01 Å². The highest BCUT2D eigenvalue weighted by molar-refractivity contribution is 5.91. The third kappa shape index (κ3) is 3.18. The molecule has 1 fully saturated rings. The van der Waals surface area contributed by atoms with Gasteiger partial charge in [-0.2, -0.15) is 0 Å². The normalized spacial score (nSPS) is 18.5. The molecule has 0 radical (unpaired) electrons. The van der Waals surface area contributed by atoms with E-state index >= 15 is 0 Å². The molecule has 110 valence electrons. The Morgan fingerprint density at radius 1 is 1.43 bits per heavy atom. The minimum atomic E-state index is -0.513. The van der Waals surface area contributed by atoms with E-state index in [2.05, 4.69) is 9.97 Å². The molecule has 1 atom stereocenters. The van der Waals surface area contributed by atoms with Gasteiger partial charge in [0.2, 0.25) is 0 Å². The summed E-state index contributed by atoms with van der Waals surface area (Å²) in [6, 6.07) is 3.43. The number of aromatic nitrogens is 2. The van der Waals surface area contributed by atoms with Crippen molar-refractivity contribution in [2.45, 2.75) is 18.9 Å². The van der Waals surface area contributed by atoms with Crippen LogP contribution in [0.15, 0.2) is 35.2 Å². The van der Waals surface area contributed by atoms with E-state index in [9.17, 15) is 9.18 Å². The maximum Gasteiger partial charge on any atom is 0.316 e. The van der Waals surface area contributed by atoms with Gasteiger partial charge in [0.25, 0.3) is 5.91 Å². The number of carbonyl (C=O) groups is 1. The maximum absolute atomic E-state index is 12.7. The Hall–Kier alpha value is -2.44. The van der Waals surface area contributed by atoms with Crippen molar-refractivity contribution in [1.82, 2.24) is 14.9 Å². The van der Waals surface area contributed by atoms with Gasteiger partial charge in [-0.25, -0.2) is 14.4 Å². The van der Waals surface area contributed by atoms with Crippen LogP contribution in [0.1, 0.15) is 23.4 Å². The number of hydrogen-bond acceptors (Lipinski definition) is 5. The molecule has 7 heteroatoms. The predicted octanol–water partition coefficient (Wildman–Crippen LogP) is 1.89. The lowest BCUT2D eigenvalue weighted by Crippen LogP contribution is -2.44. The number of carbonyl (C=O) groups excluding carboxylic acids is 1. The van der Waals surface area contributed by atoms with Crippen molar-refractivity contribution in [2.75, 3.05) is 13.1 Å². The zero-order chi connectivity index (χ0) is 14.7. The SMILES string of the molecule is O=C(c1ccco1)N1CCCC(Oc2ncc(F)cn2)C1. The Bertz CT molecular complexity index is 600. The molecule has 0 saturated carbocycles. The zero-order valence-corrected chi connectivity index (χ0v) is 11.2. The third-order valence-electron chi connectivity index (χ3n) is 3.27. The first-order chi connectivity index (χ1) is 10.2. The fourth-order valence-corrected chi connectivity index (χ4v) is 2.29. The molecular weight excluding hydrogens is 277 g/mol. The van der Waals surface area contributed by atoms with Crippen molar-refractivity contribution in [3.05, 3.63) is 42.4 Å². The summed E-state index contributed by atoms with van der Waals surface area (Å²) in [6.07, 6.45) is 4.98. The Balaban J connectivity index is 1.63. The highest BCUT2D eigenvalue weighted by atomic mass is 19.1. The fourth-order valence-electron chi connectivity index (χ4n) is 2.29. The van der Waals surface area contributed by atoms with Gasteiger partial charge >= 0.3 is 6.01 Å². The highest BCUT2D eigenvalue weighted by Crippen LogP contribution is 2.17. The van der Waals surface area contributed by atoms with E-state index < -0.39 is 5.82 Å². The van der Waals surface area contributed by atoms with Crippen molar-refractivity contribution in [1.29, 1.82) is 0 Å². The maximum atomic E-state index is 12.7. The molecule has 1 aliphatic heterocycles. The number of hydrogen-bond donors (Lipinski definition) is 0. The topological polar surface area (TPSA) is 68.5 Å². The first-order valence-corrected chi connectivity index (χ1v) is 6.69. The lowest BCUT2D eigenvalue weighted by atomic mass is 10.1. The average molecular weight is 291 g/mol. The molecule has 1 aliphatic rings. The Morgan fingerprint density at radius 3 is 2.95 bits per heavy atom. The molecule has 6 nitrogen and oxygen atoms in total. The van der Waals surface area contributed by atoms with Crippen LogP contribution in [-0.2, 0) is 0 Å². The molecule has 3 heterocycles. The van der Waals surface area contributed by atoms with E-state index in [4.69, 9.17) is 9.15 Å². The van der Waals surface area contributed by atoms with Crippen LogP contribution in [0.5, 0.6) is 6.01 Å². The molecule has 0 spiro atoms. The van der Waals surface area contributed by atoms with Crippen LogP contribution in [0.2, 0.25) is 0 Å². The summed E-state index contributed by atoms with van der Waals surface area (Å²) in [6.45, 7) is 1.09. The van der Waals surface area contributed by atoms with Gasteiger partial charge in [0, 0.05) is 6.54 Å². The molecule has 0 N–H and O–H groups in total. The molecule has 2 aromatic rings. The second kappa shape index (κ2) is 5.90. The fraction of sp³-hybridized carbons (Fsp3) is 0.357. The third-order valence-corrected chi connectivity index (χ3v) is 3.27. The lowest BCUT2D eigenvalue weighted by molar-refractivity contribution is 0.0488. The van der Waals surface area contributed by atoms with Crippen LogP contribution in [0.25, 0.3) is 0 Å². The highest BCUT2D eigenvalue weighted by Gasteiger charge is 2.27. The number of nitrogens with zero attached hydrogens (tertiary/aromatic N) is 3. The molecular formula is C14H14FN3O3. The number of ether oxygens (including phenoxy) is 1. The van der Waals surface area contributed by atoms with Gasteiger partial charge in [0.1, 0.15) is 6.10 Å². The summed E-state index contributed by atoms with van der Waals surface area (Å²) in [5, 5.41) is 0. The van der Waals surface area contributed by atoms with Crippen molar-refractivity contribution in [2.24, 2.45) is 0 Å². The molecule has 0 aromatic carbocycles. The second-order valence-electron chi connectivity index (χ2n) is 4.79. The minimum Gasteiger partial charge on any atom is -0.459 e. The quantitative estimate of drug-likeness (QED) is 0.863. The Morgan fingerprint density at radius 2 is 2.24 bits per heavy atom. The van der Waals surface area contributed by atoms with Gasteiger partial charge < -0.3 is 14.1 Å². The summed E-state index contributed by atoms with van der Waals surface area (Å²) in [5.41, 5.74) is 0. The van der Waals surface area contributed by atoms with Crippen LogP contribution >= 0.6 is 0 Å². The number of likely N-dealkylation sites (tertiary alicyclic amines) is 1. The number of amides is 1. The monoisotopic (exact) mass is 291 g/mol. The molecule has 0 aliphatic carbocycles. The van der Waals surface area contributed by atoms with Gasteiger partial charge in [0.05, 0.1) is 25.2 Å². The molecule has 1 unspecified atom stereocenters. The van der Waals surface area contributed by atoms with E-state index in [0.29, 0.717) is 18.8 Å². The first kappa shape index (κ1) is 13.5. The average Bonchev–Trinajstić information content (AvgIpc) is 3.03. The summed E-state index contributed by atoms with van der Waals surface area (Å²) in [4.78, 5) is 21.4. The van der Waals surface area contributed by atoms with Crippen LogP contribution < -0.4 is 4.74 Å². The molecule has 2 aromatic heterocycles. The van der Waals surface area contributed by atoms with Crippen LogP contribution in [0, 0.1) is 5.82 Å². The van der Waals surface area contributed by atoms with Gasteiger partial charge in [-0.3, -0.25) is 4.79 Å². The largest absolute Gasteiger partial charge is 0.459 e. The van der Waals surface area contributed by atoms with Gasteiger partial charge in [0.15, 0.2) is 11.6 Å². The van der Waals surface area contributed by atoms with E-state index in [1.807, 2.05) is 0 Å². The van der Waals surface area contributed by atoms with Gasteiger partial charge in [-0.1, -0.05) is 0 Å². The first-order valence-electron chi connectivity index (χ1n) is 6.69. The molecule has 3 rings (SSSR count). The van der Waals surface area contributed by atoms with Crippen molar-refractivity contribution >= 4 is 5.91 Å². The van der Waals surface area contributed by atoms with Gasteiger partial charge in [-0.05, 0) is 25.0 Å². The number of piperidine rings is 1. The molecule has 1 saturated heterocycles. The van der Waals surface area contributed by atoms with Crippen molar-refractivity contribution in [3.63, 3.8) is 0 Å². The van der Waals surface area contributed by atoms with Crippen LogP contribution in [0.4, 0.5) is 4.39 Å². The molecule has 21 heavy (non-hydrogen) atoms. The number of halogens is 1. The zero-order valence-electron chi connectivity index (χ0n) is 11.2. The van der Waals surface area contributed by atoms with Crippen LogP contribution in [0.3, 0.4) is 0 Å². The summed E-state index contributed by atoms with van der Waals surface area (Å²) in [7, 11) is 0. The smallest absolute Gasteiger partial charge is 0.316 e. The van der Waals surface area contributed by atoms with Crippen molar-refractivity contribution < 1.29 is 18.3 Å². The minimum absolute atomic E-state index is 0.119. The Labute approximate surface area is 120 Å². The van der Waals surface area contributed by atoms with Gasteiger partial charge in [-0.15, -0.1) is 0 Å². The standard InChI is InChI=1S/C14H14FN3O3/c15-10-7-16-14(17-8-10)21-11-3-1-5-18(9-11)13(19)12-4-2-6-20-12/h2,4,6-8,11H,1,3,5,9H2. The Kier molecular flexibility index (Phi) is 3.81.